The number of rotatable bonds is 13. The van der Waals surface area contributed by atoms with Gasteiger partial charge in [-0.25, -0.2) is 0 Å². The van der Waals surface area contributed by atoms with Crippen LogP contribution >= 0.6 is 0 Å². The number of allylic oxidation sites excluding steroid dienone is 1. The van der Waals surface area contributed by atoms with Crippen LogP contribution in [0.1, 0.15) is 28.7 Å². The van der Waals surface area contributed by atoms with E-state index in [2.05, 4.69) is 58.8 Å². The van der Waals surface area contributed by atoms with Crippen LogP contribution in [0.2, 0.25) is 0 Å². The SMILES string of the molecule is COCCNCCc1ccc(CN(CCO)C2C=C(OC)C=CC2[C@@H]2CCc3cc(O)ccc3C2)cc1. The van der Waals surface area contributed by atoms with Crippen molar-refractivity contribution in [3.63, 3.8) is 0 Å². The van der Waals surface area contributed by atoms with Gasteiger partial charge >= 0.3 is 0 Å². The Hall–Kier alpha value is -2.64. The topological polar surface area (TPSA) is 74.2 Å². The van der Waals surface area contributed by atoms with E-state index in [1.54, 1.807) is 20.3 Å². The summed E-state index contributed by atoms with van der Waals surface area (Å²) in [7, 11) is 3.44. The first kappa shape index (κ1) is 27.4. The summed E-state index contributed by atoms with van der Waals surface area (Å²) >= 11 is 0. The number of fused-ring (bicyclic) bond motifs is 1. The minimum Gasteiger partial charge on any atom is -0.508 e. The number of aromatic hydroxyl groups is 1. The number of aliphatic hydroxyl groups is 1. The molecule has 2 unspecified atom stereocenters. The monoisotopic (exact) mass is 506 g/mol. The molecule has 2 aliphatic carbocycles. The summed E-state index contributed by atoms with van der Waals surface area (Å²) in [6.45, 7) is 4.02. The third-order valence-corrected chi connectivity index (χ3v) is 7.74. The number of aryl methyl sites for hydroxylation is 1. The fraction of sp³-hybridized carbons (Fsp3) is 0.484. The Bertz CT molecular complexity index is 1050. The summed E-state index contributed by atoms with van der Waals surface area (Å²) in [6, 6.07) is 14.8. The molecule has 6 heteroatoms. The number of phenols is 1. The maximum atomic E-state index is 9.97. The van der Waals surface area contributed by atoms with Crippen LogP contribution in [0.5, 0.6) is 5.75 Å². The molecule has 0 heterocycles. The minimum absolute atomic E-state index is 0.112. The van der Waals surface area contributed by atoms with Gasteiger partial charge in [-0.2, -0.15) is 0 Å². The molecule has 0 saturated heterocycles. The summed E-state index contributed by atoms with van der Waals surface area (Å²) in [4.78, 5) is 2.39. The predicted molar refractivity (Wildman–Crippen MR) is 148 cm³/mol. The smallest absolute Gasteiger partial charge is 0.116 e. The average Bonchev–Trinajstić information content (AvgIpc) is 2.93. The zero-order valence-electron chi connectivity index (χ0n) is 22.2. The first-order valence-corrected chi connectivity index (χ1v) is 13.5. The summed E-state index contributed by atoms with van der Waals surface area (Å²) in [5.74, 6) is 2.04. The Morgan fingerprint density at radius 2 is 1.84 bits per heavy atom. The van der Waals surface area contributed by atoms with Gasteiger partial charge in [0.05, 0.1) is 20.3 Å². The molecule has 200 valence electrons. The molecular weight excluding hydrogens is 464 g/mol. The van der Waals surface area contributed by atoms with Crippen LogP contribution < -0.4 is 5.32 Å². The second-order valence-electron chi connectivity index (χ2n) is 10.2. The van der Waals surface area contributed by atoms with Crippen molar-refractivity contribution in [2.75, 3.05) is 47.1 Å². The van der Waals surface area contributed by atoms with E-state index in [-0.39, 0.29) is 12.6 Å². The molecule has 2 aliphatic rings. The fourth-order valence-electron chi connectivity index (χ4n) is 5.71. The van der Waals surface area contributed by atoms with Crippen LogP contribution in [0, 0.1) is 11.8 Å². The molecule has 0 aromatic heterocycles. The van der Waals surface area contributed by atoms with Crippen LogP contribution in [0.25, 0.3) is 0 Å². The van der Waals surface area contributed by atoms with Crippen molar-refractivity contribution in [3.8, 4) is 5.75 Å². The van der Waals surface area contributed by atoms with E-state index >= 15 is 0 Å². The van der Waals surface area contributed by atoms with Gasteiger partial charge in [-0.1, -0.05) is 36.4 Å². The van der Waals surface area contributed by atoms with Gasteiger partial charge in [0.1, 0.15) is 11.5 Å². The molecule has 6 nitrogen and oxygen atoms in total. The first-order chi connectivity index (χ1) is 18.1. The number of phenolic OH excluding ortho intramolecular Hbond substituents is 1. The van der Waals surface area contributed by atoms with Crippen molar-refractivity contribution >= 4 is 0 Å². The number of hydrogen-bond acceptors (Lipinski definition) is 6. The lowest BCUT2D eigenvalue weighted by atomic mass is 9.72. The summed E-state index contributed by atoms with van der Waals surface area (Å²) in [6.07, 6.45) is 10.7. The van der Waals surface area contributed by atoms with Gasteiger partial charge in [0, 0.05) is 32.8 Å². The van der Waals surface area contributed by atoms with Crippen LogP contribution in [-0.2, 0) is 35.3 Å². The molecule has 0 spiro atoms. The lowest BCUT2D eigenvalue weighted by Gasteiger charge is -2.41. The van der Waals surface area contributed by atoms with Gasteiger partial charge < -0.3 is 25.0 Å². The molecule has 4 rings (SSSR count). The molecule has 3 atom stereocenters. The van der Waals surface area contributed by atoms with Crippen molar-refractivity contribution in [3.05, 3.63) is 88.7 Å². The Morgan fingerprint density at radius 1 is 1.03 bits per heavy atom. The summed E-state index contributed by atoms with van der Waals surface area (Å²) in [5, 5.41) is 23.3. The highest BCUT2D eigenvalue weighted by atomic mass is 16.5. The van der Waals surface area contributed by atoms with Gasteiger partial charge in [0.25, 0.3) is 0 Å². The standard InChI is InChI=1S/C31H42N2O4/c1-36-18-15-32-14-13-23-3-5-24(6-4-23)22-33(16-17-34)31-21-29(37-2)11-12-30(31)27-8-7-26-20-28(35)10-9-25(26)19-27/h3-6,9-12,20-21,27,30-32,34-35H,7-8,13-19,22H2,1-2H3/t27-,30?,31?/m1/s1. The largest absolute Gasteiger partial charge is 0.508 e. The number of nitrogens with zero attached hydrogens (tertiary/aromatic N) is 1. The van der Waals surface area contributed by atoms with Gasteiger partial charge in [0.2, 0.25) is 0 Å². The number of benzene rings is 2. The quantitative estimate of drug-likeness (QED) is 0.359. The fourth-order valence-corrected chi connectivity index (χ4v) is 5.71. The van der Waals surface area contributed by atoms with Gasteiger partial charge in [-0.05, 0) is 90.6 Å². The van der Waals surface area contributed by atoms with Crippen LogP contribution in [-0.4, -0.2) is 68.2 Å². The van der Waals surface area contributed by atoms with Crippen molar-refractivity contribution < 1.29 is 19.7 Å². The number of ether oxygens (including phenoxy) is 2. The number of methoxy groups -OCH3 is 2. The van der Waals surface area contributed by atoms with E-state index in [0.717, 1.165) is 57.7 Å². The third kappa shape index (κ3) is 7.45. The van der Waals surface area contributed by atoms with Crippen molar-refractivity contribution in [2.24, 2.45) is 11.8 Å². The number of hydrogen-bond donors (Lipinski definition) is 3. The maximum Gasteiger partial charge on any atom is 0.116 e. The molecule has 37 heavy (non-hydrogen) atoms. The van der Waals surface area contributed by atoms with Gasteiger partial charge in [-0.3, -0.25) is 4.90 Å². The Labute approximate surface area is 221 Å². The number of aliphatic hydroxyl groups excluding tert-OH is 1. The Kier molecular flexibility index (Phi) is 10.2. The van der Waals surface area contributed by atoms with Crippen LogP contribution in [0.4, 0.5) is 0 Å². The van der Waals surface area contributed by atoms with E-state index < -0.39 is 0 Å². The Morgan fingerprint density at radius 3 is 2.59 bits per heavy atom. The minimum atomic E-state index is 0.112. The van der Waals surface area contributed by atoms with E-state index in [4.69, 9.17) is 9.47 Å². The molecule has 2 aromatic rings. The van der Waals surface area contributed by atoms with Crippen LogP contribution in [0.3, 0.4) is 0 Å². The molecule has 3 N–H and O–H groups in total. The van der Waals surface area contributed by atoms with E-state index in [9.17, 15) is 10.2 Å². The summed E-state index contributed by atoms with van der Waals surface area (Å²) < 4.78 is 10.7. The van der Waals surface area contributed by atoms with Gasteiger partial charge in [0.15, 0.2) is 0 Å². The summed E-state index contributed by atoms with van der Waals surface area (Å²) in [5.41, 5.74) is 5.16. The third-order valence-electron chi connectivity index (χ3n) is 7.74. The molecule has 2 aromatic carbocycles. The lowest BCUT2D eigenvalue weighted by Crippen LogP contribution is -2.44. The molecule has 0 aliphatic heterocycles. The molecular formula is C31H42N2O4. The van der Waals surface area contributed by atoms with E-state index in [1.807, 2.05) is 6.07 Å². The van der Waals surface area contributed by atoms with Crippen molar-refractivity contribution in [1.82, 2.24) is 10.2 Å². The van der Waals surface area contributed by atoms with Crippen molar-refractivity contribution in [1.29, 1.82) is 0 Å². The van der Waals surface area contributed by atoms with Gasteiger partial charge in [-0.15, -0.1) is 0 Å². The molecule has 0 fully saturated rings. The molecule has 0 bridgehead atoms. The second-order valence-corrected chi connectivity index (χ2v) is 10.2. The first-order valence-electron chi connectivity index (χ1n) is 13.5. The highest BCUT2D eigenvalue weighted by molar-refractivity contribution is 5.37. The lowest BCUT2D eigenvalue weighted by molar-refractivity contribution is 0.115. The maximum absolute atomic E-state index is 9.97. The number of nitrogens with one attached hydrogen (secondary N) is 1. The highest BCUT2D eigenvalue weighted by Gasteiger charge is 2.34. The zero-order valence-corrected chi connectivity index (χ0v) is 22.2. The van der Waals surface area contributed by atoms with Crippen LogP contribution in [0.15, 0.2) is 66.5 Å². The predicted octanol–water partition coefficient (Wildman–Crippen LogP) is 3.86. The van der Waals surface area contributed by atoms with E-state index in [0.29, 0.717) is 24.1 Å². The Balaban J connectivity index is 1.46. The van der Waals surface area contributed by atoms with Crippen molar-refractivity contribution in [2.45, 2.75) is 38.3 Å². The normalized spacial score (nSPS) is 21.1. The van der Waals surface area contributed by atoms with E-state index in [1.165, 1.54) is 22.3 Å². The second kappa shape index (κ2) is 13.8. The average molecular weight is 507 g/mol. The highest BCUT2D eigenvalue weighted by Crippen LogP contribution is 2.38. The molecule has 0 amide bonds. The zero-order chi connectivity index (χ0) is 26.0. The molecule has 0 radical (unpaired) electrons. The molecule has 0 saturated carbocycles.